The summed E-state index contributed by atoms with van der Waals surface area (Å²) in [7, 11) is -1.56. The Morgan fingerprint density at radius 3 is 2.31 bits per heavy atom. The maximum atomic E-state index is 14.7. The molecule has 0 radical (unpaired) electrons. The number of sulfonamides is 1. The van der Waals surface area contributed by atoms with Gasteiger partial charge in [0.1, 0.15) is 24.7 Å². The molecule has 10 heteroatoms. The maximum absolute atomic E-state index is 14.7. The lowest BCUT2D eigenvalue weighted by atomic mass is 10.2. The molecule has 0 fully saturated rings. The second-order valence-corrected chi connectivity index (χ2v) is 9.93. The number of aryl methyl sites for hydroxylation is 1. The fraction of sp³-hybridized carbons (Fsp3) is 0.269. The van der Waals surface area contributed by atoms with Gasteiger partial charge in [0.2, 0.25) is 5.91 Å². The fourth-order valence-corrected chi connectivity index (χ4v) is 4.85. The molecule has 1 N–H and O–H groups in total. The minimum atomic E-state index is -4.36. The number of carbonyl (C=O) groups excluding carboxylic acids is 1. The number of hydrogen-bond acceptors (Lipinski definition) is 6. The van der Waals surface area contributed by atoms with Gasteiger partial charge in [0.25, 0.3) is 10.0 Å². The molecule has 0 aromatic heterocycles. The number of nitrogens with one attached hydrogen (secondary N) is 1. The first-order valence-electron chi connectivity index (χ1n) is 11.1. The summed E-state index contributed by atoms with van der Waals surface area (Å²) >= 11 is 0. The summed E-state index contributed by atoms with van der Waals surface area (Å²) in [6.45, 7) is 3.20. The van der Waals surface area contributed by atoms with Crippen LogP contribution >= 0.6 is 0 Å². The zero-order valence-corrected chi connectivity index (χ0v) is 21.3. The van der Waals surface area contributed by atoms with Crippen LogP contribution in [0.3, 0.4) is 0 Å². The van der Waals surface area contributed by atoms with E-state index in [1.165, 1.54) is 50.6 Å². The molecule has 0 bridgehead atoms. The zero-order chi connectivity index (χ0) is 26.3. The number of methoxy groups -OCH3 is 2. The van der Waals surface area contributed by atoms with Crippen molar-refractivity contribution in [1.82, 2.24) is 5.32 Å². The molecule has 192 valence electrons. The Balaban J connectivity index is 1.82. The molecule has 36 heavy (non-hydrogen) atoms. The van der Waals surface area contributed by atoms with E-state index in [9.17, 15) is 17.6 Å². The predicted octanol–water partition coefficient (Wildman–Crippen LogP) is 3.93. The lowest BCUT2D eigenvalue weighted by Crippen LogP contribution is -2.45. The van der Waals surface area contributed by atoms with Crippen LogP contribution in [0.4, 0.5) is 10.1 Å². The second-order valence-electron chi connectivity index (χ2n) is 8.07. The summed E-state index contributed by atoms with van der Waals surface area (Å²) in [5, 5.41) is 2.71. The summed E-state index contributed by atoms with van der Waals surface area (Å²) < 4.78 is 58.6. The number of benzene rings is 3. The van der Waals surface area contributed by atoms with Gasteiger partial charge in [0, 0.05) is 6.07 Å². The Morgan fingerprint density at radius 1 is 1.00 bits per heavy atom. The summed E-state index contributed by atoms with van der Waals surface area (Å²) in [6, 6.07) is 16.4. The van der Waals surface area contributed by atoms with Crippen molar-refractivity contribution in [2.45, 2.75) is 24.8 Å². The van der Waals surface area contributed by atoms with Gasteiger partial charge in [-0.2, -0.15) is 0 Å². The van der Waals surface area contributed by atoms with E-state index in [1.807, 2.05) is 31.2 Å². The molecule has 8 nitrogen and oxygen atoms in total. The van der Waals surface area contributed by atoms with E-state index in [1.54, 1.807) is 6.92 Å². The van der Waals surface area contributed by atoms with E-state index in [0.29, 0.717) is 11.5 Å². The molecule has 0 heterocycles. The van der Waals surface area contributed by atoms with Gasteiger partial charge in [-0.25, -0.2) is 12.8 Å². The predicted molar refractivity (Wildman–Crippen MR) is 135 cm³/mol. The SMILES string of the molecule is COc1ccc(S(=O)(=O)N(CC(=O)NC(C)COc2ccc(C)cc2)c2ccccc2F)cc1OC. The van der Waals surface area contributed by atoms with Gasteiger partial charge >= 0.3 is 0 Å². The molecule has 0 spiro atoms. The van der Waals surface area contributed by atoms with Crippen LogP contribution in [-0.4, -0.2) is 47.7 Å². The number of anilines is 1. The van der Waals surface area contributed by atoms with E-state index in [0.717, 1.165) is 15.9 Å². The molecule has 0 saturated carbocycles. The minimum Gasteiger partial charge on any atom is -0.493 e. The summed E-state index contributed by atoms with van der Waals surface area (Å²) in [5.74, 6) is -0.259. The van der Waals surface area contributed by atoms with E-state index in [-0.39, 0.29) is 22.9 Å². The van der Waals surface area contributed by atoms with Crippen LogP contribution < -0.4 is 23.8 Å². The molecule has 3 rings (SSSR count). The van der Waals surface area contributed by atoms with E-state index in [4.69, 9.17) is 14.2 Å². The smallest absolute Gasteiger partial charge is 0.265 e. The summed E-state index contributed by atoms with van der Waals surface area (Å²) in [6.07, 6.45) is 0. The highest BCUT2D eigenvalue weighted by Gasteiger charge is 2.30. The molecule has 0 aliphatic carbocycles. The Kier molecular flexibility index (Phi) is 8.76. The van der Waals surface area contributed by atoms with Gasteiger partial charge in [0.15, 0.2) is 11.5 Å². The van der Waals surface area contributed by atoms with Crippen molar-refractivity contribution in [2.24, 2.45) is 0 Å². The number of hydrogen-bond donors (Lipinski definition) is 1. The average Bonchev–Trinajstić information content (AvgIpc) is 2.87. The van der Waals surface area contributed by atoms with E-state index >= 15 is 0 Å². The fourth-order valence-electron chi connectivity index (χ4n) is 3.41. The molecule has 0 aliphatic rings. The Hall–Kier alpha value is -3.79. The Bertz CT molecular complexity index is 1300. The van der Waals surface area contributed by atoms with Crippen molar-refractivity contribution in [3.63, 3.8) is 0 Å². The Labute approximate surface area is 210 Å². The van der Waals surface area contributed by atoms with Crippen LogP contribution in [0.2, 0.25) is 0 Å². The zero-order valence-electron chi connectivity index (χ0n) is 20.5. The lowest BCUT2D eigenvalue weighted by molar-refractivity contribution is -0.120. The third-order valence-electron chi connectivity index (χ3n) is 5.28. The summed E-state index contributed by atoms with van der Waals surface area (Å²) in [4.78, 5) is 12.7. The van der Waals surface area contributed by atoms with E-state index in [2.05, 4.69) is 5.32 Å². The molecular weight excluding hydrogens is 487 g/mol. The number of amides is 1. The minimum absolute atomic E-state index is 0.164. The average molecular weight is 517 g/mol. The first-order chi connectivity index (χ1) is 17.1. The van der Waals surface area contributed by atoms with Crippen molar-refractivity contribution < 1.29 is 31.8 Å². The normalized spacial score (nSPS) is 11.9. The first kappa shape index (κ1) is 26.8. The summed E-state index contributed by atoms with van der Waals surface area (Å²) in [5.41, 5.74) is 0.832. The van der Waals surface area contributed by atoms with Crippen LogP contribution in [-0.2, 0) is 14.8 Å². The van der Waals surface area contributed by atoms with Crippen LogP contribution in [0.15, 0.2) is 71.6 Å². The van der Waals surface area contributed by atoms with Crippen LogP contribution in [0, 0.1) is 12.7 Å². The van der Waals surface area contributed by atoms with Gasteiger partial charge in [-0.1, -0.05) is 29.8 Å². The van der Waals surface area contributed by atoms with Crippen molar-refractivity contribution >= 4 is 21.6 Å². The first-order valence-corrected chi connectivity index (χ1v) is 12.6. The molecule has 0 saturated heterocycles. The molecule has 1 atom stereocenters. The van der Waals surface area contributed by atoms with Crippen molar-refractivity contribution in [3.05, 3.63) is 78.1 Å². The van der Waals surface area contributed by atoms with Crippen molar-refractivity contribution in [1.29, 1.82) is 0 Å². The van der Waals surface area contributed by atoms with Crippen LogP contribution in [0.25, 0.3) is 0 Å². The highest BCUT2D eigenvalue weighted by molar-refractivity contribution is 7.92. The number of para-hydroxylation sites is 1. The maximum Gasteiger partial charge on any atom is 0.265 e. The number of halogens is 1. The van der Waals surface area contributed by atoms with Gasteiger partial charge < -0.3 is 19.5 Å². The highest BCUT2D eigenvalue weighted by atomic mass is 32.2. The van der Waals surface area contributed by atoms with Crippen LogP contribution in [0.1, 0.15) is 12.5 Å². The van der Waals surface area contributed by atoms with E-state index < -0.39 is 34.3 Å². The number of carbonyl (C=O) groups is 1. The largest absolute Gasteiger partial charge is 0.493 e. The highest BCUT2D eigenvalue weighted by Crippen LogP contribution is 2.32. The van der Waals surface area contributed by atoms with Gasteiger partial charge in [-0.05, 0) is 50.2 Å². The topological polar surface area (TPSA) is 94.2 Å². The number of ether oxygens (including phenoxy) is 3. The molecule has 3 aromatic carbocycles. The van der Waals surface area contributed by atoms with Crippen LogP contribution in [0.5, 0.6) is 17.2 Å². The standard InChI is InChI=1S/C26H29FN2O6S/c1-18-9-11-20(12-10-18)35-17-19(2)28-26(30)16-29(23-8-6-5-7-22(23)27)36(31,32)21-13-14-24(33-3)25(15-21)34-4/h5-15,19H,16-17H2,1-4H3,(H,28,30). The molecule has 0 aliphatic heterocycles. The third kappa shape index (κ3) is 6.45. The monoisotopic (exact) mass is 516 g/mol. The molecule has 1 unspecified atom stereocenters. The lowest BCUT2D eigenvalue weighted by Gasteiger charge is -2.25. The van der Waals surface area contributed by atoms with Gasteiger partial charge in [-0.15, -0.1) is 0 Å². The van der Waals surface area contributed by atoms with Gasteiger partial charge in [0.05, 0.1) is 30.8 Å². The van der Waals surface area contributed by atoms with Gasteiger partial charge in [-0.3, -0.25) is 9.10 Å². The number of nitrogens with zero attached hydrogens (tertiary/aromatic N) is 1. The number of rotatable bonds is 11. The van der Waals surface area contributed by atoms with Crippen molar-refractivity contribution in [3.8, 4) is 17.2 Å². The van der Waals surface area contributed by atoms with Crippen molar-refractivity contribution in [2.75, 3.05) is 31.7 Å². The second kappa shape index (κ2) is 11.8. The molecule has 1 amide bonds. The third-order valence-corrected chi connectivity index (χ3v) is 7.04. The molecule has 3 aromatic rings. The molecular formula is C26H29FN2O6S. The Morgan fingerprint density at radius 2 is 1.67 bits per heavy atom. The quantitative estimate of drug-likeness (QED) is 0.415.